The first-order chi connectivity index (χ1) is 8.58. The quantitative estimate of drug-likeness (QED) is 0.599. The van der Waals surface area contributed by atoms with Crippen LogP contribution in [0, 0.1) is 0 Å². The highest BCUT2D eigenvalue weighted by atomic mass is 16.5. The predicted molar refractivity (Wildman–Crippen MR) is 66.5 cm³/mol. The van der Waals surface area contributed by atoms with Gasteiger partial charge in [-0.3, -0.25) is 14.6 Å². The number of nitrogens with two attached hydrogens (primary N) is 1. The molecule has 1 rings (SSSR count). The normalized spacial score (nSPS) is 11.1. The molecule has 0 aromatic carbocycles. The van der Waals surface area contributed by atoms with Crippen molar-refractivity contribution in [3.05, 3.63) is 41.9 Å². The van der Waals surface area contributed by atoms with E-state index in [2.05, 4.69) is 4.98 Å². The number of ether oxygens (including phenoxy) is 1. The Balaban J connectivity index is 2.34. The Morgan fingerprint density at radius 1 is 1.50 bits per heavy atom. The largest absolute Gasteiger partial charge is 0.461 e. The Morgan fingerprint density at radius 3 is 2.89 bits per heavy atom. The van der Waals surface area contributed by atoms with Gasteiger partial charge in [-0.1, -0.05) is 6.07 Å². The number of allylic oxidation sites excluding steroid dienone is 1. The van der Waals surface area contributed by atoms with Gasteiger partial charge in [0.15, 0.2) is 0 Å². The Bertz CT molecular complexity index is 441. The summed E-state index contributed by atoms with van der Waals surface area (Å²) in [6, 6.07) is 3.74. The van der Waals surface area contributed by atoms with Crippen molar-refractivity contribution >= 4 is 11.8 Å². The lowest BCUT2D eigenvalue weighted by atomic mass is 10.1. The summed E-state index contributed by atoms with van der Waals surface area (Å²) in [6.45, 7) is 1.42. The highest BCUT2D eigenvalue weighted by Crippen LogP contribution is 2.02. The summed E-state index contributed by atoms with van der Waals surface area (Å²) in [6.07, 6.45) is 5.38. The van der Waals surface area contributed by atoms with E-state index in [1.54, 1.807) is 18.5 Å². The van der Waals surface area contributed by atoms with Crippen LogP contribution in [0.1, 0.15) is 18.9 Å². The molecule has 0 atom stereocenters. The summed E-state index contributed by atoms with van der Waals surface area (Å²) in [4.78, 5) is 25.7. The van der Waals surface area contributed by atoms with Crippen molar-refractivity contribution in [2.45, 2.75) is 19.8 Å². The molecule has 5 heteroatoms. The number of carbonyl (C=O) groups is 2. The van der Waals surface area contributed by atoms with Crippen molar-refractivity contribution in [3.8, 4) is 0 Å². The average Bonchev–Trinajstić information content (AvgIpc) is 2.29. The van der Waals surface area contributed by atoms with Gasteiger partial charge in [0, 0.05) is 24.5 Å². The maximum Gasteiger partial charge on any atom is 0.313 e. The highest BCUT2D eigenvalue weighted by Gasteiger charge is 2.05. The molecule has 1 aromatic rings. The van der Waals surface area contributed by atoms with Crippen LogP contribution >= 0.6 is 0 Å². The average molecular weight is 248 g/mol. The zero-order valence-electron chi connectivity index (χ0n) is 10.3. The van der Waals surface area contributed by atoms with Gasteiger partial charge in [0.25, 0.3) is 0 Å². The van der Waals surface area contributed by atoms with E-state index in [4.69, 9.17) is 10.5 Å². The van der Waals surface area contributed by atoms with Gasteiger partial charge in [0.05, 0.1) is 0 Å². The number of nitrogens with zero attached hydrogens (tertiary/aromatic N) is 1. The summed E-state index contributed by atoms with van der Waals surface area (Å²) in [5.74, 6) is -0.750. The standard InChI is InChI=1S/C13H16N2O3/c1-10(16)7-13(17)18-6-4-12(14)8-11-3-2-5-15-9-11/h2-5,9H,6-8,14H2,1H3. The van der Waals surface area contributed by atoms with Gasteiger partial charge in [0.1, 0.15) is 18.8 Å². The second-order valence-corrected chi connectivity index (χ2v) is 3.88. The van der Waals surface area contributed by atoms with Crippen LogP contribution < -0.4 is 5.73 Å². The fourth-order valence-corrected chi connectivity index (χ4v) is 1.31. The van der Waals surface area contributed by atoms with Crippen molar-refractivity contribution in [1.29, 1.82) is 0 Å². The lowest BCUT2D eigenvalue weighted by Crippen LogP contribution is -2.10. The van der Waals surface area contributed by atoms with Gasteiger partial charge in [-0.2, -0.15) is 0 Å². The lowest BCUT2D eigenvalue weighted by Gasteiger charge is -2.03. The van der Waals surface area contributed by atoms with Crippen LogP contribution in [-0.4, -0.2) is 23.3 Å². The van der Waals surface area contributed by atoms with Crippen molar-refractivity contribution in [2.24, 2.45) is 5.73 Å². The third-order valence-electron chi connectivity index (χ3n) is 2.11. The first kappa shape index (κ1) is 13.9. The molecule has 0 amide bonds. The molecule has 0 fully saturated rings. The molecule has 2 N–H and O–H groups in total. The smallest absolute Gasteiger partial charge is 0.313 e. The van der Waals surface area contributed by atoms with Crippen molar-refractivity contribution in [2.75, 3.05) is 6.61 Å². The van der Waals surface area contributed by atoms with Crippen LogP contribution in [0.5, 0.6) is 0 Å². The van der Waals surface area contributed by atoms with Crippen LogP contribution in [0.2, 0.25) is 0 Å². The molecular weight excluding hydrogens is 232 g/mol. The zero-order chi connectivity index (χ0) is 13.4. The number of ketones is 1. The molecule has 1 heterocycles. The predicted octanol–water partition coefficient (Wildman–Crippen LogP) is 0.989. The summed E-state index contributed by atoms with van der Waals surface area (Å²) < 4.78 is 4.83. The fraction of sp³-hybridized carbons (Fsp3) is 0.308. The minimum atomic E-state index is -0.534. The molecule has 0 unspecified atom stereocenters. The van der Waals surface area contributed by atoms with Crippen LogP contribution in [0.3, 0.4) is 0 Å². The number of aromatic nitrogens is 1. The van der Waals surface area contributed by atoms with E-state index in [0.29, 0.717) is 12.1 Å². The van der Waals surface area contributed by atoms with Crippen molar-refractivity contribution < 1.29 is 14.3 Å². The second-order valence-electron chi connectivity index (χ2n) is 3.88. The molecule has 1 aromatic heterocycles. The molecule has 18 heavy (non-hydrogen) atoms. The summed E-state index contributed by atoms with van der Waals surface area (Å²) >= 11 is 0. The number of pyridine rings is 1. The topological polar surface area (TPSA) is 82.3 Å². The van der Waals surface area contributed by atoms with E-state index in [1.165, 1.54) is 6.92 Å². The molecule has 0 aliphatic carbocycles. The SMILES string of the molecule is CC(=O)CC(=O)OCC=C(N)Cc1cccnc1. The zero-order valence-corrected chi connectivity index (χ0v) is 10.3. The first-order valence-corrected chi connectivity index (χ1v) is 5.56. The second kappa shape index (κ2) is 7.21. The molecule has 0 bridgehead atoms. The number of hydrogen-bond acceptors (Lipinski definition) is 5. The first-order valence-electron chi connectivity index (χ1n) is 5.56. The van der Waals surface area contributed by atoms with E-state index < -0.39 is 5.97 Å². The molecule has 0 aliphatic rings. The minimum Gasteiger partial charge on any atom is -0.461 e. The third kappa shape index (κ3) is 5.79. The maximum absolute atomic E-state index is 11.1. The molecule has 96 valence electrons. The van der Waals surface area contributed by atoms with Crippen molar-refractivity contribution in [1.82, 2.24) is 4.98 Å². The number of rotatable bonds is 6. The molecule has 0 radical (unpaired) electrons. The van der Waals surface area contributed by atoms with Gasteiger partial charge in [-0.15, -0.1) is 0 Å². The molecule has 0 saturated heterocycles. The van der Waals surface area contributed by atoms with E-state index in [1.807, 2.05) is 12.1 Å². The number of esters is 1. The number of Topliss-reactive ketones (excluding diaryl/α,β-unsaturated/α-hetero) is 1. The van der Waals surface area contributed by atoms with Crippen LogP contribution in [0.4, 0.5) is 0 Å². The molecular formula is C13H16N2O3. The van der Waals surface area contributed by atoms with Crippen LogP contribution in [0.25, 0.3) is 0 Å². The van der Waals surface area contributed by atoms with Gasteiger partial charge < -0.3 is 10.5 Å². The van der Waals surface area contributed by atoms with Crippen LogP contribution in [0.15, 0.2) is 36.3 Å². The van der Waals surface area contributed by atoms with Crippen LogP contribution in [-0.2, 0) is 20.7 Å². The Labute approximate surface area is 106 Å². The van der Waals surface area contributed by atoms with Gasteiger partial charge in [0.2, 0.25) is 0 Å². The Hall–Kier alpha value is -2.17. The molecule has 0 saturated carbocycles. The summed E-state index contributed by atoms with van der Waals surface area (Å²) in [5.41, 5.74) is 7.35. The molecule has 5 nitrogen and oxygen atoms in total. The van der Waals surface area contributed by atoms with Gasteiger partial charge >= 0.3 is 5.97 Å². The summed E-state index contributed by atoms with van der Waals surface area (Å²) in [5, 5.41) is 0. The van der Waals surface area contributed by atoms with Gasteiger partial charge in [-0.25, -0.2) is 0 Å². The third-order valence-corrected chi connectivity index (χ3v) is 2.11. The minimum absolute atomic E-state index is 0.0816. The Kier molecular flexibility index (Phi) is 5.57. The van der Waals surface area contributed by atoms with Crippen molar-refractivity contribution in [3.63, 3.8) is 0 Å². The Morgan fingerprint density at radius 2 is 2.28 bits per heavy atom. The molecule has 0 aliphatic heterocycles. The van der Waals surface area contributed by atoms with E-state index in [0.717, 1.165) is 5.56 Å². The number of carbonyl (C=O) groups excluding carboxylic acids is 2. The number of hydrogen-bond donors (Lipinski definition) is 1. The van der Waals surface area contributed by atoms with E-state index in [-0.39, 0.29) is 18.8 Å². The summed E-state index contributed by atoms with van der Waals surface area (Å²) in [7, 11) is 0. The molecule has 0 spiro atoms. The fourth-order valence-electron chi connectivity index (χ4n) is 1.31. The van der Waals surface area contributed by atoms with E-state index >= 15 is 0 Å². The monoisotopic (exact) mass is 248 g/mol. The maximum atomic E-state index is 11.1. The lowest BCUT2D eigenvalue weighted by molar-refractivity contribution is -0.144. The van der Waals surface area contributed by atoms with E-state index in [9.17, 15) is 9.59 Å². The van der Waals surface area contributed by atoms with Gasteiger partial charge in [-0.05, 0) is 24.6 Å². The highest BCUT2D eigenvalue weighted by molar-refractivity contribution is 5.94.